The molecule has 1 fully saturated rings. The lowest BCUT2D eigenvalue weighted by atomic mass is 10.0. The number of nitrogens with zero attached hydrogens (tertiary/aromatic N) is 1. The van der Waals surface area contributed by atoms with Crippen LogP contribution in [0.1, 0.15) is 54.1 Å². The molecule has 0 bridgehead atoms. The number of methoxy groups -OCH3 is 2. The van der Waals surface area contributed by atoms with Crippen LogP contribution >= 0.6 is 11.8 Å². The van der Waals surface area contributed by atoms with Crippen molar-refractivity contribution in [1.82, 2.24) is 4.90 Å². The van der Waals surface area contributed by atoms with Gasteiger partial charge in [0, 0.05) is 24.7 Å². The molecule has 2 aliphatic rings. The fraction of sp³-hybridized carbons (Fsp3) is 0.682. The molecule has 0 aliphatic carbocycles. The summed E-state index contributed by atoms with van der Waals surface area (Å²) in [5.74, 6) is 3.05. The van der Waals surface area contributed by atoms with Crippen LogP contribution in [0, 0.1) is 0 Å². The summed E-state index contributed by atoms with van der Waals surface area (Å²) < 4.78 is 21.7. The molecular weight excluding hydrogens is 390 g/mol. The number of carbonyl (C=O) groups is 1. The van der Waals surface area contributed by atoms with E-state index in [4.69, 9.17) is 18.9 Å². The molecule has 162 valence electrons. The minimum absolute atomic E-state index is 0.206. The summed E-state index contributed by atoms with van der Waals surface area (Å²) in [6.45, 7) is 5.15. The molecule has 0 amide bonds. The van der Waals surface area contributed by atoms with Gasteiger partial charge < -0.3 is 18.9 Å². The van der Waals surface area contributed by atoms with Crippen LogP contribution in [0.5, 0.6) is 11.5 Å². The first kappa shape index (κ1) is 22.2. The normalized spacial score (nSPS) is 19.1. The van der Waals surface area contributed by atoms with Crippen LogP contribution in [-0.2, 0) is 9.47 Å². The number of unbranched alkanes of at least 4 members (excludes halogenated alkanes) is 3. The number of morpholine rings is 1. The zero-order valence-corrected chi connectivity index (χ0v) is 18.4. The van der Waals surface area contributed by atoms with Gasteiger partial charge in [0.2, 0.25) is 0 Å². The maximum Gasteiger partial charge on any atom is 0.342 e. The van der Waals surface area contributed by atoms with E-state index in [0.29, 0.717) is 17.1 Å². The van der Waals surface area contributed by atoms with E-state index in [2.05, 4.69) is 4.90 Å². The number of hydrogen-bond donors (Lipinski definition) is 0. The molecule has 6 nitrogen and oxygen atoms in total. The van der Waals surface area contributed by atoms with Crippen LogP contribution in [-0.4, -0.2) is 69.4 Å². The number of hydrogen-bond acceptors (Lipinski definition) is 7. The highest BCUT2D eigenvalue weighted by Gasteiger charge is 2.34. The molecule has 2 aliphatic heterocycles. The molecule has 29 heavy (non-hydrogen) atoms. The minimum atomic E-state index is -0.297. The molecule has 0 radical (unpaired) electrons. The standard InChI is InChI=1S/C22H33NO5S/c1-25-17-15-18-19(28-22(24)21(18)20(16-17)26-2)7-14-29-13-6-4-3-5-8-23-9-11-27-12-10-23/h15-16,19H,3-14H2,1-2H3. The van der Waals surface area contributed by atoms with E-state index < -0.39 is 0 Å². The third kappa shape index (κ3) is 6.27. The van der Waals surface area contributed by atoms with E-state index in [9.17, 15) is 4.79 Å². The summed E-state index contributed by atoms with van der Waals surface area (Å²) in [6.07, 6.45) is 5.72. The Morgan fingerprint density at radius 1 is 1.07 bits per heavy atom. The second-order valence-corrected chi connectivity index (χ2v) is 8.68. The highest BCUT2D eigenvalue weighted by Crippen LogP contribution is 2.41. The summed E-state index contributed by atoms with van der Waals surface area (Å²) >= 11 is 1.94. The van der Waals surface area contributed by atoms with Crippen molar-refractivity contribution in [3.05, 3.63) is 23.3 Å². The number of benzene rings is 1. The number of fused-ring (bicyclic) bond motifs is 1. The Kier molecular flexibility index (Phi) is 8.95. The van der Waals surface area contributed by atoms with Gasteiger partial charge in [0.25, 0.3) is 0 Å². The van der Waals surface area contributed by atoms with E-state index in [1.165, 1.54) is 32.2 Å². The van der Waals surface area contributed by atoms with E-state index in [1.807, 2.05) is 17.8 Å². The Morgan fingerprint density at radius 3 is 2.62 bits per heavy atom. The molecule has 0 N–H and O–H groups in total. The number of ether oxygens (including phenoxy) is 4. The smallest absolute Gasteiger partial charge is 0.342 e. The van der Waals surface area contributed by atoms with Crippen LogP contribution in [0.25, 0.3) is 0 Å². The molecule has 3 rings (SSSR count). The van der Waals surface area contributed by atoms with Crippen LogP contribution in [0.3, 0.4) is 0 Å². The van der Waals surface area contributed by atoms with Crippen LogP contribution in [0.2, 0.25) is 0 Å². The van der Waals surface area contributed by atoms with Crippen molar-refractivity contribution in [1.29, 1.82) is 0 Å². The van der Waals surface area contributed by atoms with Gasteiger partial charge in [-0.25, -0.2) is 4.79 Å². The average Bonchev–Trinajstić information content (AvgIpc) is 3.08. The molecule has 1 aromatic carbocycles. The number of thioether (sulfide) groups is 1. The summed E-state index contributed by atoms with van der Waals surface area (Å²) in [5.41, 5.74) is 1.43. The first-order chi connectivity index (χ1) is 14.2. The molecular formula is C22H33NO5S. The highest BCUT2D eigenvalue weighted by atomic mass is 32.2. The lowest BCUT2D eigenvalue weighted by Gasteiger charge is -2.26. The molecule has 1 saturated heterocycles. The number of esters is 1. The van der Waals surface area contributed by atoms with E-state index >= 15 is 0 Å². The number of carbonyl (C=O) groups excluding carboxylic acids is 1. The molecule has 7 heteroatoms. The van der Waals surface area contributed by atoms with Crippen molar-refractivity contribution < 1.29 is 23.7 Å². The lowest BCUT2D eigenvalue weighted by Crippen LogP contribution is -2.36. The first-order valence-electron chi connectivity index (χ1n) is 10.6. The minimum Gasteiger partial charge on any atom is -0.497 e. The quantitative estimate of drug-likeness (QED) is 0.373. The van der Waals surface area contributed by atoms with E-state index in [0.717, 1.165) is 49.8 Å². The maximum atomic E-state index is 12.2. The third-order valence-corrected chi connectivity index (χ3v) is 6.60. The van der Waals surface area contributed by atoms with Gasteiger partial charge in [-0.3, -0.25) is 4.90 Å². The fourth-order valence-electron chi connectivity index (χ4n) is 3.84. The van der Waals surface area contributed by atoms with Crippen LogP contribution in [0.15, 0.2) is 12.1 Å². The monoisotopic (exact) mass is 423 g/mol. The second kappa shape index (κ2) is 11.7. The summed E-state index contributed by atoms with van der Waals surface area (Å²) in [4.78, 5) is 14.7. The molecule has 1 atom stereocenters. The van der Waals surface area contributed by atoms with Crippen molar-refractivity contribution in [2.45, 2.75) is 38.2 Å². The Bertz CT molecular complexity index is 663. The highest BCUT2D eigenvalue weighted by molar-refractivity contribution is 7.99. The zero-order valence-electron chi connectivity index (χ0n) is 17.6. The van der Waals surface area contributed by atoms with Gasteiger partial charge in [-0.05, 0) is 43.4 Å². The third-order valence-electron chi connectivity index (χ3n) is 5.50. The number of rotatable bonds is 12. The summed E-state index contributed by atoms with van der Waals surface area (Å²) in [7, 11) is 3.18. The van der Waals surface area contributed by atoms with Gasteiger partial charge in [-0.2, -0.15) is 11.8 Å². The van der Waals surface area contributed by atoms with Crippen molar-refractivity contribution in [2.75, 3.05) is 58.6 Å². The Labute approximate surface area is 178 Å². The van der Waals surface area contributed by atoms with Gasteiger partial charge in [0.05, 0.1) is 27.4 Å². The fourth-order valence-corrected chi connectivity index (χ4v) is 4.83. The molecule has 0 spiro atoms. The summed E-state index contributed by atoms with van der Waals surface area (Å²) in [5, 5.41) is 0. The first-order valence-corrected chi connectivity index (χ1v) is 11.7. The van der Waals surface area contributed by atoms with Crippen molar-refractivity contribution in [3.8, 4) is 11.5 Å². The molecule has 1 unspecified atom stereocenters. The maximum absolute atomic E-state index is 12.2. The topological polar surface area (TPSA) is 57.2 Å². The molecule has 0 aromatic heterocycles. The van der Waals surface area contributed by atoms with Gasteiger partial charge in [-0.15, -0.1) is 0 Å². The van der Waals surface area contributed by atoms with E-state index in [-0.39, 0.29) is 12.1 Å². The molecule has 0 saturated carbocycles. The van der Waals surface area contributed by atoms with Gasteiger partial charge in [0.1, 0.15) is 23.2 Å². The van der Waals surface area contributed by atoms with Crippen molar-refractivity contribution in [3.63, 3.8) is 0 Å². The molecule has 1 aromatic rings. The Balaban J connectivity index is 1.31. The number of cyclic esters (lactones) is 1. The predicted molar refractivity (Wildman–Crippen MR) is 115 cm³/mol. The van der Waals surface area contributed by atoms with Gasteiger partial charge in [-0.1, -0.05) is 12.8 Å². The zero-order chi connectivity index (χ0) is 20.5. The van der Waals surface area contributed by atoms with Crippen LogP contribution in [0.4, 0.5) is 0 Å². The SMILES string of the molecule is COc1cc(OC)c2c(c1)C(CCSCCCCCCN1CCOCC1)OC2=O. The Morgan fingerprint density at radius 2 is 1.86 bits per heavy atom. The summed E-state index contributed by atoms with van der Waals surface area (Å²) in [6, 6.07) is 3.63. The van der Waals surface area contributed by atoms with Gasteiger partial charge >= 0.3 is 5.97 Å². The second-order valence-electron chi connectivity index (χ2n) is 7.46. The largest absolute Gasteiger partial charge is 0.497 e. The average molecular weight is 424 g/mol. The van der Waals surface area contributed by atoms with Gasteiger partial charge in [0.15, 0.2) is 0 Å². The lowest BCUT2D eigenvalue weighted by molar-refractivity contribution is 0.0371. The predicted octanol–water partition coefficient (Wildman–Crippen LogP) is 3.93. The van der Waals surface area contributed by atoms with Crippen molar-refractivity contribution >= 4 is 17.7 Å². The van der Waals surface area contributed by atoms with Crippen LogP contribution < -0.4 is 9.47 Å². The molecule has 2 heterocycles. The van der Waals surface area contributed by atoms with E-state index in [1.54, 1.807) is 20.3 Å². The van der Waals surface area contributed by atoms with Crippen molar-refractivity contribution in [2.24, 2.45) is 0 Å². The Hall–Kier alpha value is -1.44.